The van der Waals surface area contributed by atoms with Gasteiger partial charge in [0.1, 0.15) is 48.5 Å². The molecule has 2 saturated heterocycles. The van der Waals surface area contributed by atoms with Gasteiger partial charge in [0.25, 0.3) is 5.91 Å². The van der Waals surface area contributed by atoms with Crippen molar-refractivity contribution in [3.63, 3.8) is 0 Å². The minimum atomic E-state index is -0.720. The number of benzene rings is 2. The first-order valence-electron chi connectivity index (χ1n) is 11.9. The van der Waals surface area contributed by atoms with Crippen molar-refractivity contribution < 1.29 is 28.7 Å². The molecule has 0 aromatic heterocycles. The Hall–Kier alpha value is -3.53. The summed E-state index contributed by atoms with van der Waals surface area (Å²) in [6.45, 7) is 1.39. The lowest BCUT2D eigenvalue weighted by molar-refractivity contribution is -0.143. The molecular formula is C25H22B3N3O6. The largest absolute Gasteiger partial charge is 0.489 e. The summed E-state index contributed by atoms with van der Waals surface area (Å²) >= 11 is 0. The van der Waals surface area contributed by atoms with E-state index >= 15 is 0 Å². The zero-order valence-corrected chi connectivity index (χ0v) is 20.1. The highest BCUT2D eigenvalue weighted by atomic mass is 16.5. The van der Waals surface area contributed by atoms with Gasteiger partial charge in [-0.15, -0.1) is 0 Å². The minimum Gasteiger partial charge on any atom is -0.489 e. The maximum absolute atomic E-state index is 13.0. The number of ether oxygens (including phenoxy) is 2. The molecule has 37 heavy (non-hydrogen) atoms. The van der Waals surface area contributed by atoms with E-state index in [0.717, 1.165) is 0 Å². The number of morpholine rings is 1. The van der Waals surface area contributed by atoms with E-state index in [1.807, 2.05) is 0 Å². The minimum absolute atomic E-state index is 0.00168. The smallest absolute Gasteiger partial charge is 0.255 e. The molecule has 3 aliphatic heterocycles. The van der Waals surface area contributed by atoms with Crippen LogP contribution in [-0.2, 0) is 38.8 Å². The van der Waals surface area contributed by atoms with E-state index in [9.17, 15) is 19.2 Å². The second kappa shape index (κ2) is 10.1. The number of hydrogen-bond acceptors (Lipinski definition) is 6. The van der Waals surface area contributed by atoms with Crippen LogP contribution in [0.15, 0.2) is 24.3 Å². The second-order valence-electron chi connectivity index (χ2n) is 9.27. The van der Waals surface area contributed by atoms with Crippen molar-refractivity contribution in [2.24, 2.45) is 0 Å². The van der Waals surface area contributed by atoms with Crippen molar-refractivity contribution in [3.8, 4) is 5.75 Å². The van der Waals surface area contributed by atoms with Crippen LogP contribution in [0.1, 0.15) is 39.9 Å². The van der Waals surface area contributed by atoms with Crippen molar-refractivity contribution in [2.45, 2.75) is 38.6 Å². The van der Waals surface area contributed by atoms with Crippen LogP contribution in [0.3, 0.4) is 0 Å². The third-order valence-corrected chi connectivity index (χ3v) is 7.00. The molecule has 1 atom stereocenters. The van der Waals surface area contributed by atoms with Crippen LogP contribution >= 0.6 is 0 Å². The fourth-order valence-electron chi connectivity index (χ4n) is 4.90. The normalized spacial score (nSPS) is 19.7. The van der Waals surface area contributed by atoms with Gasteiger partial charge in [0.2, 0.25) is 17.7 Å². The van der Waals surface area contributed by atoms with E-state index in [1.54, 1.807) is 29.2 Å². The van der Waals surface area contributed by atoms with Crippen LogP contribution in [0.5, 0.6) is 5.75 Å². The Labute approximate surface area is 218 Å². The molecule has 12 heteroatoms. The molecule has 0 saturated carbocycles. The first-order chi connectivity index (χ1) is 17.7. The van der Waals surface area contributed by atoms with E-state index in [2.05, 4.69) is 5.32 Å². The number of imide groups is 1. The lowest BCUT2D eigenvalue weighted by Gasteiger charge is -2.29. The molecule has 1 N–H and O–H groups in total. The zero-order valence-electron chi connectivity index (χ0n) is 20.1. The molecule has 2 aromatic carbocycles. The predicted octanol–water partition coefficient (Wildman–Crippen LogP) is -2.23. The van der Waals surface area contributed by atoms with Crippen molar-refractivity contribution in [2.75, 3.05) is 19.8 Å². The summed E-state index contributed by atoms with van der Waals surface area (Å²) < 4.78 is 11.2. The summed E-state index contributed by atoms with van der Waals surface area (Å²) in [7, 11) is 18.9. The fraction of sp³-hybridized carbons (Fsp3) is 0.360. The standard InChI is InChI=1S/C25H22B3N3O6/c26-17-8-13(9-30-6-7-36-12-21(30)33)22(27)23(28)16(17)11-37-19-3-1-2-14-15(19)10-31(25(14)35)18-4-5-20(32)29-24(18)34/h1-3,8,18H,4-7,9-12H2,(H,29,32,34). The van der Waals surface area contributed by atoms with Gasteiger partial charge < -0.3 is 19.3 Å². The summed E-state index contributed by atoms with van der Waals surface area (Å²) in [6.07, 6.45) is 0.449. The maximum Gasteiger partial charge on any atom is 0.255 e. The van der Waals surface area contributed by atoms with Gasteiger partial charge >= 0.3 is 0 Å². The molecule has 0 aliphatic carbocycles. The van der Waals surface area contributed by atoms with Crippen molar-refractivity contribution in [1.82, 2.24) is 15.1 Å². The number of carbonyl (C=O) groups excluding carboxylic acids is 4. The predicted molar refractivity (Wildman–Crippen MR) is 136 cm³/mol. The van der Waals surface area contributed by atoms with Crippen molar-refractivity contribution in [3.05, 3.63) is 46.5 Å². The third kappa shape index (κ3) is 4.77. The summed E-state index contributed by atoms with van der Waals surface area (Å²) in [5.41, 5.74) is 3.18. The average Bonchev–Trinajstić information content (AvgIpc) is 3.20. The number of amides is 4. The highest BCUT2D eigenvalue weighted by Gasteiger charge is 2.40. The summed E-state index contributed by atoms with van der Waals surface area (Å²) in [5.74, 6) is -0.781. The van der Waals surface area contributed by atoms with Gasteiger partial charge in [0.15, 0.2) is 0 Å². The number of carbonyl (C=O) groups is 4. The van der Waals surface area contributed by atoms with Crippen LogP contribution < -0.4 is 26.4 Å². The lowest BCUT2D eigenvalue weighted by atomic mass is 9.70. The molecule has 3 aliphatic rings. The first kappa shape index (κ1) is 25.1. The Morgan fingerprint density at radius 1 is 1.11 bits per heavy atom. The third-order valence-electron chi connectivity index (χ3n) is 7.00. The van der Waals surface area contributed by atoms with E-state index in [1.165, 1.54) is 4.90 Å². The maximum atomic E-state index is 13.0. The summed E-state index contributed by atoms with van der Waals surface area (Å²) in [5, 5.41) is 2.29. The molecule has 3 heterocycles. The number of rotatable bonds is 6. The molecule has 6 radical (unpaired) electrons. The molecule has 182 valence electrons. The highest BCUT2D eigenvalue weighted by molar-refractivity contribution is 6.51. The average molecular weight is 493 g/mol. The molecule has 4 amide bonds. The van der Waals surface area contributed by atoms with Crippen LogP contribution in [0.25, 0.3) is 0 Å². The fourth-order valence-corrected chi connectivity index (χ4v) is 4.90. The second-order valence-corrected chi connectivity index (χ2v) is 9.27. The molecule has 5 rings (SSSR count). The Balaban J connectivity index is 1.33. The summed E-state index contributed by atoms with van der Waals surface area (Å²) in [6, 6.07) is 6.08. The molecule has 2 aromatic rings. The Kier molecular flexibility index (Phi) is 6.85. The van der Waals surface area contributed by atoms with Gasteiger partial charge in [0, 0.05) is 30.6 Å². The molecule has 0 spiro atoms. The number of nitrogens with one attached hydrogen (secondary N) is 1. The molecular weight excluding hydrogens is 471 g/mol. The van der Waals surface area contributed by atoms with E-state index in [-0.39, 0.29) is 62.3 Å². The number of fused-ring (bicyclic) bond motifs is 1. The van der Waals surface area contributed by atoms with Gasteiger partial charge in [-0.2, -0.15) is 0 Å². The van der Waals surface area contributed by atoms with Crippen LogP contribution in [0.2, 0.25) is 0 Å². The van der Waals surface area contributed by atoms with Crippen LogP contribution in [0, 0.1) is 0 Å². The Morgan fingerprint density at radius 2 is 1.92 bits per heavy atom. The van der Waals surface area contributed by atoms with E-state index in [4.69, 9.17) is 33.0 Å². The monoisotopic (exact) mass is 493 g/mol. The van der Waals surface area contributed by atoms with E-state index < -0.39 is 11.9 Å². The van der Waals surface area contributed by atoms with Gasteiger partial charge in [-0.25, -0.2) is 0 Å². The molecule has 0 bridgehead atoms. The van der Waals surface area contributed by atoms with E-state index in [0.29, 0.717) is 52.1 Å². The Morgan fingerprint density at radius 3 is 2.68 bits per heavy atom. The highest BCUT2D eigenvalue weighted by Crippen LogP contribution is 2.33. The van der Waals surface area contributed by atoms with Gasteiger partial charge in [-0.3, -0.25) is 24.5 Å². The molecule has 9 nitrogen and oxygen atoms in total. The number of nitrogens with zero attached hydrogens (tertiary/aromatic N) is 2. The van der Waals surface area contributed by atoms with Crippen molar-refractivity contribution in [1.29, 1.82) is 0 Å². The zero-order chi connectivity index (χ0) is 26.3. The lowest BCUT2D eigenvalue weighted by Crippen LogP contribution is -2.52. The quantitative estimate of drug-likeness (QED) is 0.361. The van der Waals surface area contributed by atoms with Gasteiger partial charge in [0.05, 0.1) is 13.2 Å². The SMILES string of the molecule is [B]c1cc(CN2CCOCC2=O)c([B])c([B])c1COc1cccc2c1CN(C1CCC(=O)NC1=O)C2=O. The van der Waals surface area contributed by atoms with Crippen molar-refractivity contribution >= 4 is 63.6 Å². The molecule has 2 fully saturated rings. The van der Waals surface area contributed by atoms with Gasteiger partial charge in [-0.05, 0) is 29.7 Å². The number of hydrogen-bond donors (Lipinski definition) is 1. The molecule has 1 unspecified atom stereocenters. The topological polar surface area (TPSA) is 105 Å². The Bertz CT molecular complexity index is 1320. The number of piperidine rings is 1. The van der Waals surface area contributed by atoms with Gasteiger partial charge in [-0.1, -0.05) is 28.5 Å². The first-order valence-corrected chi connectivity index (χ1v) is 11.9. The van der Waals surface area contributed by atoms with Crippen LogP contribution in [-0.4, -0.2) is 82.8 Å². The van der Waals surface area contributed by atoms with Crippen LogP contribution in [0.4, 0.5) is 0 Å². The summed E-state index contributed by atoms with van der Waals surface area (Å²) in [4.78, 5) is 52.1.